The first-order valence-electron chi connectivity index (χ1n) is 10.5. The third-order valence-corrected chi connectivity index (χ3v) is 6.59. The molecular weight excluding hydrogens is 390 g/mol. The second-order valence-electron chi connectivity index (χ2n) is 10.1. The molecule has 3 amide bonds. The number of hydrogen-bond donors (Lipinski definition) is 2. The minimum atomic E-state index is -0.947. The Hall–Kier alpha value is -2.32. The van der Waals surface area contributed by atoms with Crippen molar-refractivity contribution in [3.63, 3.8) is 0 Å². The molecule has 30 heavy (non-hydrogen) atoms. The van der Waals surface area contributed by atoms with Crippen LogP contribution in [0.25, 0.3) is 0 Å². The van der Waals surface area contributed by atoms with Crippen LogP contribution in [-0.4, -0.2) is 66.7 Å². The second kappa shape index (κ2) is 7.74. The van der Waals surface area contributed by atoms with Crippen LogP contribution in [0.3, 0.4) is 0 Å². The van der Waals surface area contributed by atoms with E-state index < -0.39 is 35.7 Å². The van der Waals surface area contributed by atoms with Crippen molar-refractivity contribution in [2.24, 2.45) is 23.2 Å². The average Bonchev–Trinajstić information content (AvgIpc) is 3.01. The van der Waals surface area contributed by atoms with E-state index in [2.05, 4.69) is 24.5 Å². The zero-order chi connectivity index (χ0) is 22.4. The highest BCUT2D eigenvalue weighted by Gasteiger charge is 2.69. The number of amides is 3. The normalized spacial score (nSPS) is 30.2. The lowest BCUT2D eigenvalue weighted by Gasteiger charge is -2.32. The minimum absolute atomic E-state index is 0.00176. The molecule has 2 saturated heterocycles. The Labute approximate surface area is 177 Å². The molecule has 2 N–H and O–H groups in total. The predicted octanol–water partition coefficient (Wildman–Crippen LogP) is 1.06. The smallest absolute Gasteiger partial charge is 0.410 e. The molecule has 3 aliphatic rings. The lowest BCUT2D eigenvalue weighted by atomic mass is 9.97. The van der Waals surface area contributed by atoms with E-state index in [1.54, 1.807) is 20.8 Å². The number of nitrogens with zero attached hydrogens (tertiary/aromatic N) is 1. The summed E-state index contributed by atoms with van der Waals surface area (Å²) in [5, 5.41) is 5.49. The molecule has 1 aliphatic carbocycles. The third-order valence-electron chi connectivity index (χ3n) is 6.59. The summed E-state index contributed by atoms with van der Waals surface area (Å²) < 4.78 is 10.3. The summed E-state index contributed by atoms with van der Waals surface area (Å²) in [5.74, 6) is -1.29. The van der Waals surface area contributed by atoms with Gasteiger partial charge >= 0.3 is 12.1 Å². The van der Waals surface area contributed by atoms with Gasteiger partial charge in [-0.2, -0.15) is 0 Å². The molecule has 0 aromatic heterocycles. The number of rotatable bonds is 5. The van der Waals surface area contributed by atoms with Crippen LogP contribution < -0.4 is 10.6 Å². The van der Waals surface area contributed by atoms with Crippen LogP contribution in [0.1, 0.15) is 47.5 Å². The largest absolute Gasteiger partial charge is 0.467 e. The number of carbonyl (C=O) groups excluding carboxylic acids is 4. The van der Waals surface area contributed by atoms with Crippen LogP contribution >= 0.6 is 0 Å². The van der Waals surface area contributed by atoms with Gasteiger partial charge in [0.2, 0.25) is 11.8 Å². The Morgan fingerprint density at radius 3 is 2.50 bits per heavy atom. The summed E-state index contributed by atoms with van der Waals surface area (Å²) >= 11 is 0. The van der Waals surface area contributed by atoms with Crippen LogP contribution in [0.5, 0.6) is 0 Å². The summed E-state index contributed by atoms with van der Waals surface area (Å²) in [5.41, 5.74) is -0.739. The van der Waals surface area contributed by atoms with E-state index >= 15 is 0 Å². The van der Waals surface area contributed by atoms with Crippen LogP contribution in [0.4, 0.5) is 4.79 Å². The first-order valence-corrected chi connectivity index (χ1v) is 10.5. The highest BCUT2D eigenvalue weighted by molar-refractivity contribution is 5.91. The van der Waals surface area contributed by atoms with E-state index in [1.807, 2.05) is 0 Å². The average molecular weight is 424 g/mol. The molecule has 5 atom stereocenters. The Morgan fingerprint density at radius 2 is 1.97 bits per heavy atom. The van der Waals surface area contributed by atoms with Crippen molar-refractivity contribution in [2.75, 3.05) is 20.2 Å². The number of hydrogen-bond acceptors (Lipinski definition) is 6. The Bertz CT molecular complexity index is 744. The highest BCUT2D eigenvalue weighted by atomic mass is 16.6. The Kier molecular flexibility index (Phi) is 5.77. The molecular formula is C21H33N3O6. The minimum Gasteiger partial charge on any atom is -0.467 e. The fourth-order valence-corrected chi connectivity index (χ4v) is 4.86. The molecule has 0 radical (unpaired) electrons. The molecule has 3 fully saturated rings. The molecule has 3 unspecified atom stereocenters. The van der Waals surface area contributed by atoms with Gasteiger partial charge in [-0.3, -0.25) is 14.5 Å². The fourth-order valence-electron chi connectivity index (χ4n) is 4.86. The van der Waals surface area contributed by atoms with Crippen molar-refractivity contribution < 1.29 is 28.7 Å². The van der Waals surface area contributed by atoms with Crippen LogP contribution in [0, 0.1) is 23.2 Å². The van der Waals surface area contributed by atoms with E-state index in [1.165, 1.54) is 12.0 Å². The van der Waals surface area contributed by atoms with E-state index in [0.29, 0.717) is 19.5 Å². The van der Waals surface area contributed by atoms with Crippen LogP contribution in [-0.2, 0) is 23.9 Å². The number of nitrogens with one attached hydrogen (secondary N) is 2. The van der Waals surface area contributed by atoms with Gasteiger partial charge in [0.05, 0.1) is 7.11 Å². The molecule has 168 valence electrons. The summed E-state index contributed by atoms with van der Waals surface area (Å²) in [6.45, 7) is 10.5. The van der Waals surface area contributed by atoms with Crippen molar-refractivity contribution in [1.29, 1.82) is 0 Å². The van der Waals surface area contributed by atoms with Crippen molar-refractivity contribution in [2.45, 2.75) is 65.1 Å². The van der Waals surface area contributed by atoms with Crippen molar-refractivity contribution in [3.05, 3.63) is 0 Å². The molecule has 0 aromatic carbocycles. The number of carbonyl (C=O) groups is 4. The number of likely N-dealkylation sites (tertiary alicyclic amines) is 1. The van der Waals surface area contributed by atoms with Gasteiger partial charge in [0, 0.05) is 19.0 Å². The lowest BCUT2D eigenvalue weighted by molar-refractivity contribution is -0.146. The van der Waals surface area contributed by atoms with Crippen LogP contribution in [0.2, 0.25) is 0 Å². The number of piperidine rings is 1. The highest BCUT2D eigenvalue weighted by Crippen LogP contribution is 2.65. The molecule has 0 aromatic rings. The predicted molar refractivity (Wildman–Crippen MR) is 107 cm³/mol. The van der Waals surface area contributed by atoms with Gasteiger partial charge in [0.15, 0.2) is 0 Å². The van der Waals surface area contributed by atoms with E-state index in [4.69, 9.17) is 9.47 Å². The van der Waals surface area contributed by atoms with E-state index in [-0.39, 0.29) is 35.5 Å². The first kappa shape index (κ1) is 22.4. The second-order valence-corrected chi connectivity index (χ2v) is 10.1. The topological polar surface area (TPSA) is 114 Å². The monoisotopic (exact) mass is 423 g/mol. The SMILES string of the molecule is COC(=O)[C@H](C[C@@H]1CCNC1=O)NC(=O)C1C2C(CN1C(=O)OC(C)(C)C)C2(C)C. The summed E-state index contributed by atoms with van der Waals surface area (Å²) in [7, 11) is 1.25. The fraction of sp³-hybridized carbons (Fsp3) is 0.810. The van der Waals surface area contributed by atoms with Crippen molar-refractivity contribution >= 4 is 23.9 Å². The molecule has 2 aliphatic heterocycles. The van der Waals surface area contributed by atoms with Gasteiger partial charge < -0.3 is 20.1 Å². The molecule has 3 rings (SSSR count). The lowest BCUT2D eigenvalue weighted by Crippen LogP contribution is -2.54. The molecule has 0 spiro atoms. The van der Waals surface area contributed by atoms with Gasteiger partial charge in [-0.25, -0.2) is 9.59 Å². The van der Waals surface area contributed by atoms with Gasteiger partial charge in [-0.15, -0.1) is 0 Å². The molecule has 1 saturated carbocycles. The standard InChI is InChI=1S/C21H33N3O6/c1-20(2,3)30-19(28)24-10-12-14(21(12,4)5)15(24)17(26)23-13(18(27)29-6)9-11-7-8-22-16(11)25/h11-15H,7-10H2,1-6H3,(H,22,25)(H,23,26)/t11-,12?,13-,14?,15?/m0/s1. The van der Waals surface area contributed by atoms with Gasteiger partial charge in [-0.1, -0.05) is 13.8 Å². The number of esters is 1. The number of fused-ring (bicyclic) bond motifs is 1. The summed E-state index contributed by atoms with van der Waals surface area (Å²) in [6, 6.07) is -1.66. The maximum atomic E-state index is 13.3. The molecule has 0 bridgehead atoms. The molecule has 9 nitrogen and oxygen atoms in total. The van der Waals surface area contributed by atoms with Crippen molar-refractivity contribution in [3.8, 4) is 0 Å². The Balaban J connectivity index is 1.75. The van der Waals surface area contributed by atoms with Crippen LogP contribution in [0.15, 0.2) is 0 Å². The zero-order valence-corrected chi connectivity index (χ0v) is 18.6. The third kappa shape index (κ3) is 4.25. The number of ether oxygens (including phenoxy) is 2. The van der Waals surface area contributed by atoms with Gasteiger partial charge in [0.25, 0.3) is 0 Å². The summed E-state index contributed by atoms with van der Waals surface area (Å²) in [6.07, 6.45) is 0.240. The van der Waals surface area contributed by atoms with E-state index in [0.717, 1.165) is 0 Å². The Morgan fingerprint density at radius 1 is 1.30 bits per heavy atom. The van der Waals surface area contributed by atoms with Gasteiger partial charge in [-0.05, 0) is 50.9 Å². The first-order chi connectivity index (χ1) is 13.9. The van der Waals surface area contributed by atoms with Gasteiger partial charge in [0.1, 0.15) is 17.7 Å². The molecule has 9 heteroatoms. The van der Waals surface area contributed by atoms with Crippen molar-refractivity contribution in [1.82, 2.24) is 15.5 Å². The zero-order valence-electron chi connectivity index (χ0n) is 18.6. The van der Waals surface area contributed by atoms with E-state index in [9.17, 15) is 19.2 Å². The summed E-state index contributed by atoms with van der Waals surface area (Å²) in [4.78, 5) is 51.7. The quantitative estimate of drug-likeness (QED) is 0.639. The maximum Gasteiger partial charge on any atom is 0.410 e. The molecule has 2 heterocycles. The number of methoxy groups -OCH3 is 1. The maximum absolute atomic E-state index is 13.3.